The van der Waals surface area contributed by atoms with Crippen LogP contribution in [0.4, 0.5) is 15.3 Å². The summed E-state index contributed by atoms with van der Waals surface area (Å²) in [5.41, 5.74) is 2.15. The van der Waals surface area contributed by atoms with Gasteiger partial charge in [0.15, 0.2) is 0 Å². The molecule has 2 heterocycles. The summed E-state index contributed by atoms with van der Waals surface area (Å²) in [6.07, 6.45) is 0.998. The van der Waals surface area contributed by atoms with E-state index in [0.29, 0.717) is 23.8 Å². The van der Waals surface area contributed by atoms with Gasteiger partial charge in [0.25, 0.3) is 0 Å². The smallest absolute Gasteiger partial charge is 0.411 e. The molecule has 1 aromatic carbocycles. The number of urea groups is 1. The fourth-order valence-electron chi connectivity index (χ4n) is 2.19. The van der Waals surface area contributed by atoms with Crippen LogP contribution in [0.15, 0.2) is 52.5 Å². The van der Waals surface area contributed by atoms with Crippen molar-refractivity contribution in [2.45, 2.75) is 13.1 Å². The molecule has 0 aliphatic carbocycles. The number of ether oxygens (including phenoxy) is 1. The molecule has 0 unspecified atom stereocenters. The number of hydrogen-bond donors (Lipinski definition) is 3. The molecule has 8 nitrogen and oxygen atoms in total. The minimum absolute atomic E-state index is 0.267. The Morgan fingerprint density at radius 3 is 2.63 bits per heavy atom. The predicted octanol–water partition coefficient (Wildman–Crippen LogP) is 3.58. The Bertz CT molecular complexity index is 890. The van der Waals surface area contributed by atoms with Gasteiger partial charge in [0.05, 0.1) is 24.2 Å². The number of benzene rings is 1. The summed E-state index contributed by atoms with van der Waals surface area (Å²) in [5.74, 6) is 0.544. The van der Waals surface area contributed by atoms with Crippen LogP contribution in [0, 0.1) is 0 Å². The molecule has 0 bridgehead atoms. The average molecular weight is 386 g/mol. The second kappa shape index (κ2) is 8.86. The standard InChI is InChI=1S/C18H18N4O4S/c1-25-18(24)22-13-6-4-12(5-7-13)9-19-17(23)20-10-14-11-26-16(21-14)15-3-2-8-27-15/h2-8,11H,9-10H2,1H3,(H,22,24)(H2,19,20,23). The zero-order chi connectivity index (χ0) is 19.1. The average Bonchev–Trinajstić information content (AvgIpc) is 3.37. The number of oxazole rings is 1. The first kappa shape index (κ1) is 18.5. The van der Waals surface area contributed by atoms with E-state index in [0.717, 1.165) is 10.4 Å². The first-order chi connectivity index (χ1) is 13.1. The Hall–Kier alpha value is -3.33. The van der Waals surface area contributed by atoms with Crippen molar-refractivity contribution < 1.29 is 18.7 Å². The maximum Gasteiger partial charge on any atom is 0.411 e. The van der Waals surface area contributed by atoms with Crippen molar-refractivity contribution in [3.8, 4) is 10.8 Å². The van der Waals surface area contributed by atoms with E-state index in [1.165, 1.54) is 24.7 Å². The molecular weight excluding hydrogens is 368 g/mol. The molecule has 0 spiro atoms. The van der Waals surface area contributed by atoms with E-state index < -0.39 is 6.09 Å². The third-order valence-corrected chi connectivity index (χ3v) is 4.41. The monoisotopic (exact) mass is 386 g/mol. The van der Waals surface area contributed by atoms with Gasteiger partial charge in [0.1, 0.15) is 6.26 Å². The lowest BCUT2D eigenvalue weighted by Crippen LogP contribution is -2.34. The van der Waals surface area contributed by atoms with Gasteiger partial charge in [-0.1, -0.05) is 18.2 Å². The predicted molar refractivity (Wildman–Crippen MR) is 101 cm³/mol. The van der Waals surface area contributed by atoms with E-state index >= 15 is 0 Å². The Morgan fingerprint density at radius 1 is 1.15 bits per heavy atom. The van der Waals surface area contributed by atoms with Gasteiger partial charge in [-0.3, -0.25) is 5.32 Å². The van der Waals surface area contributed by atoms with Crippen LogP contribution in [0.25, 0.3) is 10.8 Å². The van der Waals surface area contributed by atoms with Gasteiger partial charge in [-0.2, -0.15) is 0 Å². The summed E-state index contributed by atoms with van der Waals surface area (Å²) in [6, 6.07) is 10.6. The van der Waals surface area contributed by atoms with Crippen molar-refractivity contribution in [1.82, 2.24) is 15.6 Å². The number of aromatic nitrogens is 1. The largest absolute Gasteiger partial charge is 0.453 e. The number of hydrogen-bond acceptors (Lipinski definition) is 6. The highest BCUT2D eigenvalue weighted by molar-refractivity contribution is 7.13. The highest BCUT2D eigenvalue weighted by Crippen LogP contribution is 2.23. The van der Waals surface area contributed by atoms with Crippen molar-refractivity contribution in [1.29, 1.82) is 0 Å². The van der Waals surface area contributed by atoms with Gasteiger partial charge in [0.2, 0.25) is 5.89 Å². The molecule has 3 rings (SSSR count). The minimum Gasteiger partial charge on any atom is -0.453 e. The lowest BCUT2D eigenvalue weighted by molar-refractivity contribution is 0.187. The summed E-state index contributed by atoms with van der Waals surface area (Å²) in [5, 5.41) is 9.99. The lowest BCUT2D eigenvalue weighted by atomic mass is 10.2. The lowest BCUT2D eigenvalue weighted by Gasteiger charge is -2.08. The molecule has 0 saturated carbocycles. The Morgan fingerprint density at radius 2 is 1.93 bits per heavy atom. The summed E-state index contributed by atoms with van der Waals surface area (Å²) >= 11 is 1.54. The number of carbonyl (C=O) groups is 2. The van der Waals surface area contributed by atoms with Crippen molar-refractivity contribution in [3.05, 3.63) is 59.3 Å². The highest BCUT2D eigenvalue weighted by Gasteiger charge is 2.08. The number of amides is 3. The first-order valence-electron chi connectivity index (χ1n) is 8.08. The molecule has 0 fully saturated rings. The van der Waals surface area contributed by atoms with Crippen LogP contribution < -0.4 is 16.0 Å². The summed E-state index contributed by atoms with van der Waals surface area (Å²) in [7, 11) is 1.30. The molecule has 0 atom stereocenters. The molecule has 2 aromatic heterocycles. The SMILES string of the molecule is COC(=O)Nc1ccc(CNC(=O)NCc2coc(-c3cccs3)n2)cc1. The van der Waals surface area contributed by atoms with E-state index in [4.69, 9.17) is 4.42 Å². The quantitative estimate of drug-likeness (QED) is 0.600. The van der Waals surface area contributed by atoms with Gasteiger partial charge < -0.3 is 19.8 Å². The zero-order valence-corrected chi connectivity index (χ0v) is 15.3. The maximum atomic E-state index is 11.9. The van der Waals surface area contributed by atoms with Crippen LogP contribution in [0.3, 0.4) is 0 Å². The molecule has 0 saturated heterocycles. The zero-order valence-electron chi connectivity index (χ0n) is 14.5. The van der Waals surface area contributed by atoms with Gasteiger partial charge >= 0.3 is 12.1 Å². The number of methoxy groups -OCH3 is 1. The van der Waals surface area contributed by atoms with E-state index in [-0.39, 0.29) is 12.6 Å². The molecule has 9 heteroatoms. The van der Waals surface area contributed by atoms with Crippen molar-refractivity contribution in [2.24, 2.45) is 0 Å². The third-order valence-electron chi connectivity index (χ3n) is 3.55. The van der Waals surface area contributed by atoms with Crippen molar-refractivity contribution >= 4 is 29.1 Å². The van der Waals surface area contributed by atoms with Gasteiger partial charge in [0, 0.05) is 12.2 Å². The number of anilines is 1. The van der Waals surface area contributed by atoms with Crippen LogP contribution in [-0.4, -0.2) is 24.2 Å². The molecule has 0 radical (unpaired) electrons. The number of nitrogens with one attached hydrogen (secondary N) is 3. The summed E-state index contributed by atoms with van der Waals surface area (Å²) in [4.78, 5) is 28.3. The molecule has 0 aliphatic rings. The molecular formula is C18H18N4O4S. The number of carbonyl (C=O) groups excluding carboxylic acids is 2. The van der Waals surface area contributed by atoms with Gasteiger partial charge in [-0.25, -0.2) is 14.6 Å². The first-order valence-corrected chi connectivity index (χ1v) is 8.96. The van der Waals surface area contributed by atoms with Crippen molar-refractivity contribution in [3.63, 3.8) is 0 Å². The molecule has 140 valence electrons. The minimum atomic E-state index is -0.532. The normalized spacial score (nSPS) is 10.3. The van der Waals surface area contributed by atoms with E-state index in [1.807, 2.05) is 17.5 Å². The second-order valence-electron chi connectivity index (χ2n) is 5.47. The second-order valence-corrected chi connectivity index (χ2v) is 6.42. The van der Waals surface area contributed by atoms with E-state index in [9.17, 15) is 9.59 Å². The summed E-state index contributed by atoms with van der Waals surface area (Å²) in [6.45, 7) is 0.617. The maximum absolute atomic E-state index is 11.9. The number of thiophene rings is 1. The highest BCUT2D eigenvalue weighted by atomic mass is 32.1. The molecule has 27 heavy (non-hydrogen) atoms. The Balaban J connectivity index is 1.42. The number of rotatable bonds is 6. The van der Waals surface area contributed by atoms with Crippen LogP contribution in [-0.2, 0) is 17.8 Å². The van der Waals surface area contributed by atoms with Crippen LogP contribution >= 0.6 is 11.3 Å². The van der Waals surface area contributed by atoms with E-state index in [2.05, 4.69) is 25.7 Å². The molecule has 3 N–H and O–H groups in total. The molecule has 3 amide bonds. The third kappa shape index (κ3) is 5.32. The van der Waals surface area contributed by atoms with Crippen LogP contribution in [0.5, 0.6) is 0 Å². The summed E-state index contributed by atoms with van der Waals surface area (Å²) < 4.78 is 9.93. The van der Waals surface area contributed by atoms with Crippen LogP contribution in [0.2, 0.25) is 0 Å². The van der Waals surface area contributed by atoms with Gasteiger partial charge in [-0.05, 0) is 29.1 Å². The Labute approximate surface area is 159 Å². The fraction of sp³-hybridized carbons (Fsp3) is 0.167. The Kier molecular flexibility index (Phi) is 6.06. The van der Waals surface area contributed by atoms with Gasteiger partial charge in [-0.15, -0.1) is 11.3 Å². The fourth-order valence-corrected chi connectivity index (χ4v) is 2.85. The molecule has 0 aliphatic heterocycles. The molecule has 3 aromatic rings. The number of nitrogens with zero attached hydrogens (tertiary/aromatic N) is 1. The van der Waals surface area contributed by atoms with E-state index in [1.54, 1.807) is 24.3 Å². The topological polar surface area (TPSA) is 105 Å². The van der Waals surface area contributed by atoms with Crippen molar-refractivity contribution in [2.75, 3.05) is 12.4 Å². The van der Waals surface area contributed by atoms with Crippen LogP contribution in [0.1, 0.15) is 11.3 Å².